The third-order valence-electron chi connectivity index (χ3n) is 5.98. The molecule has 36 heavy (non-hydrogen) atoms. The van der Waals surface area contributed by atoms with Crippen molar-refractivity contribution >= 4 is 39.3 Å². The molecule has 0 fully saturated rings. The smallest absolute Gasteiger partial charge is 0.357 e. The monoisotopic (exact) mass is 490 g/mol. The highest BCUT2D eigenvalue weighted by Crippen LogP contribution is 2.40. The molecule has 0 aliphatic heterocycles. The number of alkyl halides is 3. The molecule has 0 atom stereocenters. The molecular weight excluding hydrogens is 469 g/mol. The minimum atomic E-state index is -4.67. The summed E-state index contributed by atoms with van der Waals surface area (Å²) in [5.74, 6) is 0.315. The Labute approximate surface area is 203 Å². The van der Waals surface area contributed by atoms with Gasteiger partial charge in [0.1, 0.15) is 17.2 Å². The van der Waals surface area contributed by atoms with E-state index in [4.69, 9.17) is 0 Å². The Morgan fingerprint density at radius 3 is 2.31 bits per heavy atom. The maximum Gasteiger partial charge on any atom is 0.433 e. The van der Waals surface area contributed by atoms with Crippen LogP contribution >= 0.6 is 0 Å². The van der Waals surface area contributed by atoms with Gasteiger partial charge in [-0.3, -0.25) is 9.36 Å². The van der Waals surface area contributed by atoms with Crippen molar-refractivity contribution < 1.29 is 13.2 Å². The molecule has 5 aromatic rings. The second-order valence-corrected chi connectivity index (χ2v) is 8.31. The fourth-order valence-electron chi connectivity index (χ4n) is 4.19. The maximum atomic E-state index is 14.0. The first-order valence-corrected chi connectivity index (χ1v) is 11.1. The SMILES string of the molecule is CNc1nc(-c2c(C)ccc3c(Nc4ccccc4)nc(C(F)(F)F)cc23)c2ccc(=O)n(C)c2n1. The van der Waals surface area contributed by atoms with E-state index >= 15 is 0 Å². The summed E-state index contributed by atoms with van der Waals surface area (Å²) >= 11 is 0. The fraction of sp³-hybridized carbons (Fsp3) is 0.154. The van der Waals surface area contributed by atoms with E-state index in [1.165, 1.54) is 10.6 Å². The normalized spacial score (nSPS) is 11.7. The number of nitrogens with zero attached hydrogens (tertiary/aromatic N) is 4. The van der Waals surface area contributed by atoms with E-state index in [2.05, 4.69) is 25.6 Å². The van der Waals surface area contributed by atoms with Crippen LogP contribution in [0.5, 0.6) is 0 Å². The Hall–Kier alpha value is -4.47. The number of para-hydroxylation sites is 1. The second kappa shape index (κ2) is 8.63. The zero-order valence-corrected chi connectivity index (χ0v) is 19.6. The van der Waals surface area contributed by atoms with Crippen LogP contribution in [-0.2, 0) is 13.2 Å². The molecule has 0 aliphatic rings. The molecule has 10 heteroatoms. The zero-order valence-electron chi connectivity index (χ0n) is 19.6. The summed E-state index contributed by atoms with van der Waals surface area (Å²) in [6.45, 7) is 1.81. The highest BCUT2D eigenvalue weighted by molar-refractivity contribution is 6.07. The lowest BCUT2D eigenvalue weighted by Gasteiger charge is -2.18. The predicted octanol–water partition coefficient (Wildman–Crippen LogP) is 5.66. The van der Waals surface area contributed by atoms with Crippen LogP contribution in [0.1, 0.15) is 11.3 Å². The minimum Gasteiger partial charge on any atom is -0.357 e. The van der Waals surface area contributed by atoms with Crippen LogP contribution in [0, 0.1) is 6.92 Å². The fourth-order valence-corrected chi connectivity index (χ4v) is 4.19. The van der Waals surface area contributed by atoms with E-state index in [9.17, 15) is 18.0 Å². The zero-order chi connectivity index (χ0) is 25.6. The van der Waals surface area contributed by atoms with Gasteiger partial charge in [0.05, 0.1) is 5.69 Å². The number of hydrogen-bond donors (Lipinski definition) is 2. The Morgan fingerprint density at radius 1 is 0.889 bits per heavy atom. The van der Waals surface area contributed by atoms with E-state index in [1.54, 1.807) is 50.5 Å². The van der Waals surface area contributed by atoms with Gasteiger partial charge >= 0.3 is 6.18 Å². The van der Waals surface area contributed by atoms with Crippen molar-refractivity contribution in [2.24, 2.45) is 7.05 Å². The van der Waals surface area contributed by atoms with Crippen LogP contribution in [0.15, 0.2) is 65.5 Å². The van der Waals surface area contributed by atoms with Gasteiger partial charge in [-0.25, -0.2) is 9.97 Å². The summed E-state index contributed by atoms with van der Waals surface area (Å²) in [4.78, 5) is 25.2. The Bertz CT molecular complexity index is 1680. The van der Waals surface area contributed by atoms with Gasteiger partial charge in [-0.15, -0.1) is 0 Å². The third-order valence-corrected chi connectivity index (χ3v) is 5.98. The number of anilines is 3. The number of nitrogens with one attached hydrogen (secondary N) is 2. The molecule has 0 saturated carbocycles. The van der Waals surface area contributed by atoms with Crippen molar-refractivity contribution in [1.29, 1.82) is 0 Å². The second-order valence-electron chi connectivity index (χ2n) is 8.31. The molecule has 0 bridgehead atoms. The van der Waals surface area contributed by atoms with E-state index in [0.717, 1.165) is 6.07 Å². The summed E-state index contributed by atoms with van der Waals surface area (Å²) in [6.07, 6.45) is -4.67. The molecule has 3 heterocycles. The Morgan fingerprint density at radius 2 is 1.61 bits per heavy atom. The molecule has 0 amide bonds. The van der Waals surface area contributed by atoms with Crippen LogP contribution in [-0.4, -0.2) is 26.6 Å². The van der Waals surface area contributed by atoms with Gasteiger partial charge in [0.15, 0.2) is 0 Å². The number of fused-ring (bicyclic) bond motifs is 2. The first-order valence-electron chi connectivity index (χ1n) is 11.1. The minimum absolute atomic E-state index is 0.0758. The van der Waals surface area contributed by atoms with Crippen LogP contribution < -0.4 is 16.2 Å². The number of hydrogen-bond acceptors (Lipinski definition) is 6. The molecule has 0 spiro atoms. The van der Waals surface area contributed by atoms with Gasteiger partial charge in [-0.2, -0.15) is 18.2 Å². The van der Waals surface area contributed by atoms with E-state index in [0.29, 0.717) is 44.3 Å². The Kier molecular flexibility index (Phi) is 5.58. The van der Waals surface area contributed by atoms with Gasteiger partial charge in [-0.05, 0) is 42.1 Å². The number of aromatic nitrogens is 4. The molecule has 7 nitrogen and oxygen atoms in total. The first-order chi connectivity index (χ1) is 17.2. The molecule has 3 aromatic heterocycles. The van der Waals surface area contributed by atoms with E-state index < -0.39 is 11.9 Å². The number of benzene rings is 2. The lowest BCUT2D eigenvalue weighted by Crippen LogP contribution is -2.17. The lowest BCUT2D eigenvalue weighted by molar-refractivity contribution is -0.140. The van der Waals surface area contributed by atoms with Gasteiger partial charge in [0.2, 0.25) is 5.95 Å². The van der Waals surface area contributed by atoms with Crippen LogP contribution in [0.25, 0.3) is 33.1 Å². The standard InChI is InChI=1S/C26H21F3N6O/c1-14-9-10-16-18(13-19(26(27,28)29)32-23(16)31-15-7-5-4-6-8-15)21(14)22-17-11-12-20(36)35(3)24(17)34-25(30-2)33-22/h4-13H,1-3H3,(H,31,32)(H,30,33,34). The van der Waals surface area contributed by atoms with E-state index in [1.807, 2.05) is 19.1 Å². The summed E-state index contributed by atoms with van der Waals surface area (Å²) in [7, 11) is 3.22. The third kappa shape index (κ3) is 4.00. The quantitative estimate of drug-likeness (QED) is 0.338. The van der Waals surface area contributed by atoms with Crippen LogP contribution in [0.2, 0.25) is 0 Å². The summed E-state index contributed by atoms with van der Waals surface area (Å²) in [5.41, 5.74) is 1.30. The van der Waals surface area contributed by atoms with Gasteiger partial charge in [-0.1, -0.05) is 30.3 Å². The molecule has 5 rings (SSSR count). The molecule has 0 aliphatic carbocycles. The van der Waals surface area contributed by atoms with Gasteiger partial charge < -0.3 is 10.6 Å². The van der Waals surface area contributed by atoms with Crippen molar-refractivity contribution in [3.8, 4) is 11.3 Å². The van der Waals surface area contributed by atoms with Crippen molar-refractivity contribution in [2.45, 2.75) is 13.1 Å². The topological polar surface area (TPSA) is 84.7 Å². The Balaban J connectivity index is 1.89. The number of rotatable bonds is 4. The molecule has 2 aromatic carbocycles. The van der Waals surface area contributed by atoms with Crippen LogP contribution in [0.4, 0.5) is 30.6 Å². The predicted molar refractivity (Wildman–Crippen MR) is 135 cm³/mol. The van der Waals surface area contributed by atoms with Crippen molar-refractivity contribution in [3.05, 3.63) is 82.3 Å². The molecular formula is C26H21F3N6O. The molecule has 0 unspecified atom stereocenters. The van der Waals surface area contributed by atoms with E-state index in [-0.39, 0.29) is 17.3 Å². The molecule has 182 valence electrons. The average molecular weight is 490 g/mol. The van der Waals surface area contributed by atoms with Gasteiger partial charge in [0, 0.05) is 42.2 Å². The first kappa shape index (κ1) is 23.3. The average Bonchev–Trinajstić information content (AvgIpc) is 2.85. The van der Waals surface area contributed by atoms with Crippen molar-refractivity contribution in [2.75, 3.05) is 17.7 Å². The van der Waals surface area contributed by atoms with Crippen molar-refractivity contribution in [1.82, 2.24) is 19.5 Å². The highest BCUT2D eigenvalue weighted by Gasteiger charge is 2.34. The number of aryl methyl sites for hydroxylation is 2. The summed E-state index contributed by atoms with van der Waals surface area (Å²) < 4.78 is 43.3. The maximum absolute atomic E-state index is 14.0. The number of pyridine rings is 2. The lowest BCUT2D eigenvalue weighted by atomic mass is 9.95. The van der Waals surface area contributed by atoms with Crippen molar-refractivity contribution in [3.63, 3.8) is 0 Å². The molecule has 0 saturated heterocycles. The number of halogens is 3. The summed E-state index contributed by atoms with van der Waals surface area (Å²) in [6, 6.07) is 16.5. The van der Waals surface area contributed by atoms with Gasteiger partial charge in [0.25, 0.3) is 5.56 Å². The molecule has 2 N–H and O–H groups in total. The largest absolute Gasteiger partial charge is 0.433 e. The summed E-state index contributed by atoms with van der Waals surface area (Å²) in [5, 5.41) is 7.27. The van der Waals surface area contributed by atoms with Crippen LogP contribution in [0.3, 0.4) is 0 Å². The highest BCUT2D eigenvalue weighted by atomic mass is 19.4. The molecule has 0 radical (unpaired) electrons.